The number of aromatic nitrogens is 3. The number of nitrogens with one attached hydrogen (secondary N) is 1. The number of hydrogen-bond donors (Lipinski definition) is 1. The van der Waals surface area contributed by atoms with Gasteiger partial charge in [0, 0.05) is 19.0 Å². The van der Waals surface area contributed by atoms with Gasteiger partial charge in [-0.1, -0.05) is 34.6 Å². The maximum Gasteiger partial charge on any atom is 0.150 e. The molecular formula is C14H26N4. The molecule has 0 bridgehead atoms. The van der Waals surface area contributed by atoms with E-state index in [2.05, 4.69) is 54.7 Å². The molecule has 0 aromatic carbocycles. The zero-order valence-electron chi connectivity index (χ0n) is 12.3. The zero-order chi connectivity index (χ0) is 13.3. The van der Waals surface area contributed by atoms with Crippen LogP contribution in [0.15, 0.2) is 0 Å². The summed E-state index contributed by atoms with van der Waals surface area (Å²) in [5.74, 6) is 2.85. The molecule has 2 rings (SSSR count). The predicted molar refractivity (Wildman–Crippen MR) is 73.5 cm³/mol. The zero-order valence-corrected chi connectivity index (χ0v) is 12.3. The molecule has 2 heterocycles. The molecule has 1 unspecified atom stereocenters. The van der Waals surface area contributed by atoms with Crippen molar-refractivity contribution >= 4 is 0 Å². The molecule has 0 saturated heterocycles. The largest absolute Gasteiger partial charge is 0.312 e. The van der Waals surface area contributed by atoms with Crippen LogP contribution >= 0.6 is 0 Å². The summed E-state index contributed by atoms with van der Waals surface area (Å²) in [5.41, 5.74) is 0.177. The van der Waals surface area contributed by atoms with Gasteiger partial charge in [-0.2, -0.15) is 0 Å². The van der Waals surface area contributed by atoms with Crippen molar-refractivity contribution in [2.45, 2.75) is 66.0 Å². The second-order valence-electron chi connectivity index (χ2n) is 6.33. The van der Waals surface area contributed by atoms with Crippen molar-refractivity contribution in [2.24, 2.45) is 5.41 Å². The van der Waals surface area contributed by atoms with Gasteiger partial charge in [-0.15, -0.1) is 10.2 Å². The summed E-state index contributed by atoms with van der Waals surface area (Å²) < 4.78 is 2.35. The number of nitrogens with zero attached hydrogens (tertiary/aromatic N) is 3. The minimum Gasteiger partial charge on any atom is -0.312 e. The molecular weight excluding hydrogens is 224 g/mol. The van der Waals surface area contributed by atoms with E-state index < -0.39 is 0 Å². The molecule has 4 heteroatoms. The topological polar surface area (TPSA) is 42.7 Å². The van der Waals surface area contributed by atoms with E-state index in [1.807, 2.05) is 0 Å². The molecule has 0 amide bonds. The highest BCUT2D eigenvalue weighted by molar-refractivity contribution is 5.10. The minimum atomic E-state index is 0.177. The van der Waals surface area contributed by atoms with Gasteiger partial charge in [0.05, 0.1) is 6.04 Å². The van der Waals surface area contributed by atoms with Crippen LogP contribution in [0.5, 0.6) is 0 Å². The third-order valence-corrected chi connectivity index (χ3v) is 3.97. The minimum absolute atomic E-state index is 0.177. The van der Waals surface area contributed by atoms with E-state index >= 15 is 0 Å². The summed E-state index contributed by atoms with van der Waals surface area (Å²) in [6.07, 6.45) is 2.28. The quantitative estimate of drug-likeness (QED) is 0.897. The maximum absolute atomic E-state index is 4.48. The first-order valence-electron chi connectivity index (χ1n) is 7.15. The van der Waals surface area contributed by atoms with Gasteiger partial charge in [0.1, 0.15) is 5.82 Å². The van der Waals surface area contributed by atoms with Crippen molar-refractivity contribution in [1.82, 2.24) is 20.1 Å². The molecule has 4 nitrogen and oxygen atoms in total. The molecule has 18 heavy (non-hydrogen) atoms. The van der Waals surface area contributed by atoms with Crippen molar-refractivity contribution in [3.05, 3.63) is 11.6 Å². The summed E-state index contributed by atoms with van der Waals surface area (Å²) in [7, 11) is 0. The molecule has 1 N–H and O–H groups in total. The smallest absolute Gasteiger partial charge is 0.150 e. The second kappa shape index (κ2) is 5.00. The molecule has 1 aromatic heterocycles. The fourth-order valence-corrected chi connectivity index (χ4v) is 2.83. The first-order chi connectivity index (χ1) is 8.49. The van der Waals surface area contributed by atoms with Gasteiger partial charge < -0.3 is 9.88 Å². The highest BCUT2D eigenvalue weighted by Gasteiger charge is 2.34. The van der Waals surface area contributed by atoms with E-state index in [0.29, 0.717) is 12.0 Å². The lowest BCUT2D eigenvalue weighted by Crippen LogP contribution is -2.41. The van der Waals surface area contributed by atoms with Crippen LogP contribution in [-0.4, -0.2) is 21.3 Å². The van der Waals surface area contributed by atoms with E-state index in [1.54, 1.807) is 0 Å². The monoisotopic (exact) mass is 250 g/mol. The Balaban J connectivity index is 2.38. The van der Waals surface area contributed by atoms with Gasteiger partial charge in [-0.05, 0) is 18.3 Å². The molecule has 1 aliphatic heterocycles. The summed E-state index contributed by atoms with van der Waals surface area (Å²) in [6, 6.07) is 0.307. The van der Waals surface area contributed by atoms with Crippen LogP contribution in [-0.2, 0) is 6.54 Å². The van der Waals surface area contributed by atoms with E-state index in [4.69, 9.17) is 0 Å². The van der Waals surface area contributed by atoms with E-state index in [-0.39, 0.29) is 5.41 Å². The van der Waals surface area contributed by atoms with Crippen molar-refractivity contribution in [3.63, 3.8) is 0 Å². The third kappa shape index (κ3) is 2.30. The van der Waals surface area contributed by atoms with E-state index in [0.717, 1.165) is 31.8 Å². The highest BCUT2D eigenvalue weighted by atomic mass is 15.3. The molecule has 102 valence electrons. The lowest BCUT2D eigenvalue weighted by Gasteiger charge is -2.35. The Labute approximate surface area is 110 Å². The third-order valence-electron chi connectivity index (χ3n) is 3.97. The van der Waals surface area contributed by atoms with E-state index in [9.17, 15) is 0 Å². The molecule has 1 aromatic rings. The van der Waals surface area contributed by atoms with Crippen LogP contribution in [0.2, 0.25) is 0 Å². The Morgan fingerprint density at radius 1 is 1.28 bits per heavy atom. The van der Waals surface area contributed by atoms with Crippen LogP contribution in [0.1, 0.15) is 71.1 Å². The Kier molecular flexibility index (Phi) is 3.76. The number of rotatable bonds is 3. The summed E-state index contributed by atoms with van der Waals surface area (Å²) in [4.78, 5) is 0. The first-order valence-corrected chi connectivity index (χ1v) is 7.15. The van der Waals surface area contributed by atoms with Gasteiger partial charge in [-0.25, -0.2) is 0 Å². The predicted octanol–water partition coefficient (Wildman–Crippen LogP) is 2.87. The van der Waals surface area contributed by atoms with Crippen molar-refractivity contribution in [3.8, 4) is 0 Å². The van der Waals surface area contributed by atoms with Crippen molar-refractivity contribution in [1.29, 1.82) is 0 Å². The van der Waals surface area contributed by atoms with Crippen molar-refractivity contribution in [2.75, 3.05) is 6.54 Å². The highest BCUT2D eigenvalue weighted by Crippen LogP contribution is 2.35. The SMILES string of the molecule is CCC(CC)c1nnc2n1CCNC2C(C)(C)C. The van der Waals surface area contributed by atoms with Gasteiger partial charge in [-0.3, -0.25) is 0 Å². The van der Waals surface area contributed by atoms with E-state index in [1.165, 1.54) is 5.82 Å². The van der Waals surface area contributed by atoms with Crippen LogP contribution in [0.4, 0.5) is 0 Å². The van der Waals surface area contributed by atoms with Gasteiger partial charge in [0.25, 0.3) is 0 Å². The van der Waals surface area contributed by atoms with Crippen molar-refractivity contribution < 1.29 is 0 Å². The Morgan fingerprint density at radius 3 is 2.50 bits per heavy atom. The van der Waals surface area contributed by atoms with Gasteiger partial charge in [0.15, 0.2) is 5.82 Å². The second-order valence-corrected chi connectivity index (χ2v) is 6.33. The normalized spacial score (nSPS) is 20.2. The number of hydrogen-bond acceptors (Lipinski definition) is 3. The summed E-state index contributed by atoms with van der Waals surface area (Å²) in [5, 5.41) is 12.5. The van der Waals surface area contributed by atoms with Gasteiger partial charge >= 0.3 is 0 Å². The Hall–Kier alpha value is -0.900. The average Bonchev–Trinajstić information content (AvgIpc) is 2.73. The van der Waals surface area contributed by atoms with Gasteiger partial charge in [0.2, 0.25) is 0 Å². The molecule has 0 radical (unpaired) electrons. The van der Waals surface area contributed by atoms with Crippen LogP contribution in [0.3, 0.4) is 0 Å². The molecule has 1 aliphatic rings. The summed E-state index contributed by atoms with van der Waals surface area (Å²) >= 11 is 0. The Bertz CT molecular complexity index is 398. The average molecular weight is 250 g/mol. The molecule has 0 fully saturated rings. The lowest BCUT2D eigenvalue weighted by atomic mass is 9.85. The lowest BCUT2D eigenvalue weighted by molar-refractivity contribution is 0.231. The molecule has 0 aliphatic carbocycles. The maximum atomic E-state index is 4.48. The molecule has 0 saturated carbocycles. The van der Waals surface area contributed by atoms with Crippen LogP contribution in [0, 0.1) is 5.41 Å². The van der Waals surface area contributed by atoms with Crippen LogP contribution in [0.25, 0.3) is 0 Å². The van der Waals surface area contributed by atoms with Crippen LogP contribution < -0.4 is 5.32 Å². The number of fused-ring (bicyclic) bond motifs is 1. The fourth-order valence-electron chi connectivity index (χ4n) is 2.83. The standard InChI is InChI=1S/C14H26N4/c1-6-10(7-2)12-16-17-13-11(14(3,4)5)15-8-9-18(12)13/h10-11,15H,6-9H2,1-5H3. The molecule has 0 spiro atoms. The molecule has 1 atom stereocenters. The first kappa shape index (κ1) is 13.5. The Morgan fingerprint density at radius 2 is 1.94 bits per heavy atom. The fraction of sp³-hybridized carbons (Fsp3) is 0.857. The summed E-state index contributed by atoms with van der Waals surface area (Å²) in [6.45, 7) is 13.3.